The number of halogens is 2. The van der Waals surface area contributed by atoms with Crippen LogP contribution in [0.5, 0.6) is 5.75 Å². The Hall–Kier alpha value is -1.03. The number of benzene rings is 2. The van der Waals surface area contributed by atoms with Crippen molar-refractivity contribution < 1.29 is 4.74 Å². The molecule has 0 saturated carbocycles. The third-order valence-electron chi connectivity index (χ3n) is 3.66. The van der Waals surface area contributed by atoms with Crippen LogP contribution in [0.4, 0.5) is 0 Å². The van der Waals surface area contributed by atoms with E-state index >= 15 is 0 Å². The predicted octanol–water partition coefficient (Wildman–Crippen LogP) is 5.38. The van der Waals surface area contributed by atoms with Gasteiger partial charge in [-0.25, -0.2) is 0 Å². The molecule has 126 valence electrons. The Kier molecular flexibility index (Phi) is 9.30. The zero-order valence-electron chi connectivity index (χ0n) is 13.7. The van der Waals surface area contributed by atoms with Gasteiger partial charge in [0.25, 0.3) is 0 Å². The molecule has 2 aromatic carbocycles. The summed E-state index contributed by atoms with van der Waals surface area (Å²) in [5.74, 6) is 0.906. The van der Waals surface area contributed by atoms with Gasteiger partial charge in [-0.3, -0.25) is 0 Å². The third kappa shape index (κ3) is 6.94. The van der Waals surface area contributed by atoms with Crippen molar-refractivity contribution in [2.24, 2.45) is 0 Å². The van der Waals surface area contributed by atoms with Gasteiger partial charge in [-0.05, 0) is 65.9 Å². The van der Waals surface area contributed by atoms with Crippen molar-refractivity contribution in [3.63, 3.8) is 0 Å². The average molecular weight is 399 g/mol. The summed E-state index contributed by atoms with van der Waals surface area (Å²) in [5.41, 5.74) is 2.67. The minimum absolute atomic E-state index is 0. The van der Waals surface area contributed by atoms with Crippen LogP contribution in [0.2, 0.25) is 0 Å². The largest absolute Gasteiger partial charge is 0.493 e. The van der Waals surface area contributed by atoms with Gasteiger partial charge >= 0.3 is 0 Å². The van der Waals surface area contributed by atoms with Crippen molar-refractivity contribution in [2.75, 3.05) is 6.61 Å². The summed E-state index contributed by atoms with van der Waals surface area (Å²) in [6.45, 7) is 5.80. The van der Waals surface area contributed by atoms with Crippen LogP contribution in [0.15, 0.2) is 53.0 Å². The topological polar surface area (TPSA) is 21.3 Å². The average Bonchev–Trinajstić information content (AvgIpc) is 2.54. The van der Waals surface area contributed by atoms with Gasteiger partial charge in [-0.15, -0.1) is 12.4 Å². The Labute approximate surface area is 154 Å². The molecule has 2 aromatic rings. The predicted molar refractivity (Wildman–Crippen MR) is 104 cm³/mol. The fourth-order valence-corrected chi connectivity index (χ4v) is 2.89. The van der Waals surface area contributed by atoms with Crippen LogP contribution in [0.3, 0.4) is 0 Å². The second-order valence-electron chi connectivity index (χ2n) is 5.50. The van der Waals surface area contributed by atoms with Crippen LogP contribution in [0.25, 0.3) is 0 Å². The summed E-state index contributed by atoms with van der Waals surface area (Å²) in [6.07, 6.45) is 2.25. The first-order chi connectivity index (χ1) is 10.7. The highest BCUT2D eigenvalue weighted by atomic mass is 79.9. The van der Waals surface area contributed by atoms with Crippen molar-refractivity contribution in [3.05, 3.63) is 64.1 Å². The van der Waals surface area contributed by atoms with Gasteiger partial charge in [-0.2, -0.15) is 0 Å². The second-order valence-corrected chi connectivity index (χ2v) is 6.36. The van der Waals surface area contributed by atoms with E-state index < -0.39 is 0 Å². The van der Waals surface area contributed by atoms with E-state index in [1.165, 1.54) is 11.1 Å². The van der Waals surface area contributed by atoms with Crippen LogP contribution in [0.1, 0.15) is 31.4 Å². The third-order valence-corrected chi connectivity index (χ3v) is 4.28. The summed E-state index contributed by atoms with van der Waals surface area (Å²) in [7, 11) is 0. The Balaban J connectivity index is 0.00000264. The zero-order valence-corrected chi connectivity index (χ0v) is 16.1. The molecule has 0 bridgehead atoms. The Bertz CT molecular complexity index is 577. The van der Waals surface area contributed by atoms with E-state index in [4.69, 9.17) is 4.74 Å². The number of hydrogen-bond acceptors (Lipinski definition) is 2. The fourth-order valence-electron chi connectivity index (χ4n) is 2.35. The molecular weight excluding hydrogens is 374 g/mol. The van der Waals surface area contributed by atoms with E-state index in [-0.39, 0.29) is 12.4 Å². The zero-order chi connectivity index (χ0) is 15.8. The monoisotopic (exact) mass is 397 g/mol. The van der Waals surface area contributed by atoms with Crippen LogP contribution in [0, 0.1) is 0 Å². The SMILES string of the molecule is CCOc1ccc(CNC(C)CCc2ccccc2)cc1Br.Cl. The van der Waals surface area contributed by atoms with Crippen LogP contribution >= 0.6 is 28.3 Å². The molecule has 0 radical (unpaired) electrons. The maximum atomic E-state index is 5.54. The first kappa shape index (κ1) is 20.0. The smallest absolute Gasteiger partial charge is 0.133 e. The molecule has 0 saturated heterocycles. The van der Waals surface area contributed by atoms with E-state index in [2.05, 4.69) is 70.6 Å². The molecule has 0 fully saturated rings. The van der Waals surface area contributed by atoms with Crippen molar-refractivity contribution in [2.45, 2.75) is 39.3 Å². The molecule has 2 nitrogen and oxygen atoms in total. The second kappa shape index (κ2) is 10.7. The van der Waals surface area contributed by atoms with Crippen molar-refractivity contribution in [3.8, 4) is 5.75 Å². The molecule has 1 unspecified atom stereocenters. The van der Waals surface area contributed by atoms with Crippen LogP contribution < -0.4 is 10.1 Å². The van der Waals surface area contributed by atoms with Gasteiger partial charge in [0.15, 0.2) is 0 Å². The molecule has 2 rings (SSSR count). The minimum atomic E-state index is 0. The number of ether oxygens (including phenoxy) is 1. The molecule has 23 heavy (non-hydrogen) atoms. The van der Waals surface area contributed by atoms with Crippen molar-refractivity contribution in [1.29, 1.82) is 0 Å². The molecule has 0 aromatic heterocycles. The Morgan fingerprint density at radius 1 is 1.09 bits per heavy atom. The number of aryl methyl sites for hydroxylation is 1. The van der Waals surface area contributed by atoms with Gasteiger partial charge in [0.05, 0.1) is 11.1 Å². The van der Waals surface area contributed by atoms with Gasteiger partial charge in [-0.1, -0.05) is 36.4 Å². The number of rotatable bonds is 8. The Morgan fingerprint density at radius 3 is 2.48 bits per heavy atom. The molecule has 1 N–H and O–H groups in total. The van der Waals surface area contributed by atoms with Gasteiger partial charge in [0.2, 0.25) is 0 Å². The number of hydrogen-bond donors (Lipinski definition) is 1. The molecule has 0 aliphatic carbocycles. The first-order valence-electron chi connectivity index (χ1n) is 7.87. The Morgan fingerprint density at radius 2 is 1.83 bits per heavy atom. The summed E-state index contributed by atoms with van der Waals surface area (Å²) < 4.78 is 6.56. The minimum Gasteiger partial charge on any atom is -0.493 e. The standard InChI is InChI=1S/C19H24BrNO.ClH/c1-3-22-19-12-11-17(13-18(19)20)14-21-15(2)9-10-16-7-5-4-6-8-16;/h4-8,11-13,15,21H,3,9-10,14H2,1-2H3;1H. The first-order valence-corrected chi connectivity index (χ1v) is 8.67. The molecule has 0 amide bonds. The van der Waals surface area contributed by atoms with E-state index in [0.717, 1.165) is 29.6 Å². The van der Waals surface area contributed by atoms with Gasteiger partial charge in [0, 0.05) is 12.6 Å². The summed E-state index contributed by atoms with van der Waals surface area (Å²) in [5, 5.41) is 3.59. The lowest BCUT2D eigenvalue weighted by Crippen LogP contribution is -2.25. The van der Waals surface area contributed by atoms with E-state index in [0.29, 0.717) is 12.6 Å². The molecule has 0 aliphatic heterocycles. The van der Waals surface area contributed by atoms with E-state index in [1.54, 1.807) is 0 Å². The highest BCUT2D eigenvalue weighted by molar-refractivity contribution is 9.10. The highest BCUT2D eigenvalue weighted by Gasteiger charge is 2.05. The molecule has 0 spiro atoms. The lowest BCUT2D eigenvalue weighted by Gasteiger charge is -2.15. The lowest BCUT2D eigenvalue weighted by molar-refractivity contribution is 0.338. The van der Waals surface area contributed by atoms with Crippen molar-refractivity contribution >= 4 is 28.3 Å². The van der Waals surface area contributed by atoms with Crippen molar-refractivity contribution in [1.82, 2.24) is 5.32 Å². The van der Waals surface area contributed by atoms with E-state index in [9.17, 15) is 0 Å². The van der Waals surface area contributed by atoms with Crippen LogP contribution in [-0.4, -0.2) is 12.6 Å². The molecule has 0 aliphatic rings. The maximum absolute atomic E-state index is 5.54. The van der Waals surface area contributed by atoms with Gasteiger partial charge < -0.3 is 10.1 Å². The molecule has 1 atom stereocenters. The number of nitrogens with one attached hydrogen (secondary N) is 1. The normalized spacial score (nSPS) is 11.6. The van der Waals surface area contributed by atoms with Crippen LogP contribution in [-0.2, 0) is 13.0 Å². The molecule has 0 heterocycles. The summed E-state index contributed by atoms with van der Waals surface area (Å²) in [6, 6.07) is 17.4. The highest BCUT2D eigenvalue weighted by Crippen LogP contribution is 2.26. The maximum Gasteiger partial charge on any atom is 0.133 e. The summed E-state index contributed by atoms with van der Waals surface area (Å²) >= 11 is 3.56. The van der Waals surface area contributed by atoms with Gasteiger partial charge in [0.1, 0.15) is 5.75 Å². The summed E-state index contributed by atoms with van der Waals surface area (Å²) in [4.78, 5) is 0. The van der Waals surface area contributed by atoms with E-state index in [1.807, 2.05) is 13.0 Å². The molecular formula is C19H25BrClNO. The lowest BCUT2D eigenvalue weighted by atomic mass is 10.1. The molecule has 4 heteroatoms. The quantitative estimate of drug-likeness (QED) is 0.644. The fraction of sp³-hybridized carbons (Fsp3) is 0.368.